The van der Waals surface area contributed by atoms with Crippen molar-refractivity contribution in [3.05, 3.63) is 59.2 Å². The Labute approximate surface area is 121 Å². The average Bonchev–Trinajstić information content (AvgIpc) is 2.44. The molecule has 0 saturated carbocycles. The quantitative estimate of drug-likeness (QED) is 0.877. The lowest BCUT2D eigenvalue weighted by atomic mass is 10.0. The fourth-order valence-corrected chi connectivity index (χ4v) is 2.59. The number of aromatic hydroxyl groups is 1. The van der Waals surface area contributed by atoms with Crippen LogP contribution in [0.3, 0.4) is 0 Å². The van der Waals surface area contributed by atoms with Gasteiger partial charge in [0.25, 0.3) is 0 Å². The van der Waals surface area contributed by atoms with Gasteiger partial charge in [0.1, 0.15) is 5.75 Å². The molecule has 2 aromatic carbocycles. The molecule has 0 bridgehead atoms. The maximum Gasteiger partial charge on any atom is 0.120 e. The fourth-order valence-electron chi connectivity index (χ4n) is 2.59. The van der Waals surface area contributed by atoms with E-state index in [4.69, 9.17) is 0 Å². The van der Waals surface area contributed by atoms with E-state index in [-0.39, 0.29) is 6.04 Å². The van der Waals surface area contributed by atoms with Crippen LogP contribution in [0.25, 0.3) is 0 Å². The molecule has 20 heavy (non-hydrogen) atoms. The van der Waals surface area contributed by atoms with Crippen molar-refractivity contribution in [1.82, 2.24) is 0 Å². The van der Waals surface area contributed by atoms with Crippen molar-refractivity contribution in [3.63, 3.8) is 0 Å². The van der Waals surface area contributed by atoms with Crippen LogP contribution in [0.4, 0.5) is 5.69 Å². The van der Waals surface area contributed by atoms with Crippen LogP contribution in [-0.2, 0) is 0 Å². The number of benzene rings is 2. The Balaban J connectivity index is 2.35. The molecule has 106 valence electrons. The van der Waals surface area contributed by atoms with Crippen molar-refractivity contribution < 1.29 is 5.11 Å². The van der Waals surface area contributed by atoms with Gasteiger partial charge < -0.3 is 10.0 Å². The molecule has 0 aromatic heterocycles. The Bertz CT molecular complexity index is 574. The monoisotopic (exact) mass is 269 g/mol. The highest BCUT2D eigenvalue weighted by Gasteiger charge is 2.18. The van der Waals surface area contributed by atoms with Crippen LogP contribution in [0.2, 0.25) is 0 Å². The van der Waals surface area contributed by atoms with Gasteiger partial charge in [-0.05, 0) is 45.9 Å². The largest absolute Gasteiger partial charge is 0.508 e. The summed E-state index contributed by atoms with van der Waals surface area (Å²) in [6, 6.07) is 14.5. The Hall–Kier alpha value is -1.96. The minimum absolute atomic E-state index is 0.141. The standard InChI is InChI=1S/C18H23NO/c1-5-19(16-9-6-13(2)7-10-16)15(4)17-12-14(3)8-11-18(17)20/h6-12,15,20H,5H2,1-4H3. The molecule has 0 saturated heterocycles. The third-order valence-electron chi connectivity index (χ3n) is 3.81. The molecule has 0 aliphatic heterocycles. The fraction of sp³-hybridized carbons (Fsp3) is 0.333. The Morgan fingerprint density at radius 3 is 2.20 bits per heavy atom. The molecule has 1 unspecified atom stereocenters. The Morgan fingerprint density at radius 2 is 1.60 bits per heavy atom. The number of nitrogens with zero attached hydrogens (tertiary/aromatic N) is 1. The predicted octanol–water partition coefficient (Wildman–Crippen LogP) is 4.60. The van der Waals surface area contributed by atoms with Crippen molar-refractivity contribution >= 4 is 5.69 Å². The first kappa shape index (κ1) is 14.4. The second-order valence-corrected chi connectivity index (χ2v) is 5.36. The number of anilines is 1. The predicted molar refractivity (Wildman–Crippen MR) is 85.5 cm³/mol. The summed E-state index contributed by atoms with van der Waals surface area (Å²) in [6.45, 7) is 9.33. The second-order valence-electron chi connectivity index (χ2n) is 5.36. The first-order valence-electron chi connectivity index (χ1n) is 7.15. The number of hydrogen-bond donors (Lipinski definition) is 1. The van der Waals surface area contributed by atoms with Gasteiger partial charge in [0, 0.05) is 17.8 Å². The van der Waals surface area contributed by atoms with Crippen molar-refractivity contribution in [2.75, 3.05) is 11.4 Å². The van der Waals surface area contributed by atoms with Gasteiger partial charge in [0.2, 0.25) is 0 Å². The highest BCUT2D eigenvalue weighted by molar-refractivity contribution is 5.51. The molecule has 0 fully saturated rings. The molecule has 0 heterocycles. The van der Waals surface area contributed by atoms with Gasteiger partial charge in [-0.15, -0.1) is 0 Å². The van der Waals surface area contributed by atoms with Gasteiger partial charge in [0.05, 0.1) is 6.04 Å². The van der Waals surface area contributed by atoms with E-state index >= 15 is 0 Å². The van der Waals surface area contributed by atoms with Gasteiger partial charge in [0.15, 0.2) is 0 Å². The molecule has 1 atom stereocenters. The highest BCUT2D eigenvalue weighted by atomic mass is 16.3. The molecular formula is C18H23NO. The van der Waals surface area contributed by atoms with Crippen LogP contribution in [-0.4, -0.2) is 11.7 Å². The summed E-state index contributed by atoms with van der Waals surface area (Å²) in [5.41, 5.74) is 4.60. The molecule has 0 amide bonds. The molecule has 2 heteroatoms. The molecule has 1 N–H and O–H groups in total. The van der Waals surface area contributed by atoms with Crippen LogP contribution in [0.1, 0.15) is 36.6 Å². The van der Waals surface area contributed by atoms with Gasteiger partial charge in [-0.25, -0.2) is 0 Å². The van der Waals surface area contributed by atoms with E-state index in [2.05, 4.69) is 62.9 Å². The van der Waals surface area contributed by atoms with E-state index < -0.39 is 0 Å². The highest BCUT2D eigenvalue weighted by Crippen LogP contribution is 2.32. The third-order valence-corrected chi connectivity index (χ3v) is 3.81. The minimum Gasteiger partial charge on any atom is -0.508 e. The molecule has 0 spiro atoms. The van der Waals surface area contributed by atoms with Gasteiger partial charge in [-0.2, -0.15) is 0 Å². The van der Waals surface area contributed by atoms with Crippen LogP contribution in [0, 0.1) is 13.8 Å². The van der Waals surface area contributed by atoms with Crippen molar-refractivity contribution in [1.29, 1.82) is 0 Å². The molecule has 2 aromatic rings. The minimum atomic E-state index is 0.141. The number of rotatable bonds is 4. The summed E-state index contributed by atoms with van der Waals surface area (Å²) in [6.07, 6.45) is 0. The number of phenols is 1. The summed E-state index contributed by atoms with van der Waals surface area (Å²) in [5.74, 6) is 0.369. The van der Waals surface area contributed by atoms with Crippen LogP contribution >= 0.6 is 0 Å². The average molecular weight is 269 g/mol. The number of hydrogen-bond acceptors (Lipinski definition) is 2. The molecule has 0 aliphatic rings. The van der Waals surface area contributed by atoms with E-state index in [9.17, 15) is 5.11 Å². The van der Waals surface area contributed by atoms with E-state index in [1.807, 2.05) is 6.07 Å². The lowest BCUT2D eigenvalue weighted by Crippen LogP contribution is -2.26. The first-order valence-corrected chi connectivity index (χ1v) is 7.15. The number of phenolic OH excluding ortho intramolecular Hbond substituents is 1. The summed E-state index contributed by atoms with van der Waals surface area (Å²) >= 11 is 0. The van der Waals surface area contributed by atoms with E-state index in [0.29, 0.717) is 5.75 Å². The SMILES string of the molecule is CCN(c1ccc(C)cc1)C(C)c1cc(C)ccc1O. The lowest BCUT2D eigenvalue weighted by molar-refractivity contribution is 0.461. The van der Waals surface area contributed by atoms with Gasteiger partial charge in [-0.1, -0.05) is 35.4 Å². The zero-order valence-electron chi connectivity index (χ0n) is 12.7. The first-order chi connectivity index (χ1) is 9.52. The zero-order valence-corrected chi connectivity index (χ0v) is 12.7. The van der Waals surface area contributed by atoms with Crippen molar-refractivity contribution in [2.45, 2.75) is 33.7 Å². The van der Waals surface area contributed by atoms with Gasteiger partial charge >= 0.3 is 0 Å². The summed E-state index contributed by atoms with van der Waals surface area (Å²) < 4.78 is 0. The molecule has 0 aliphatic carbocycles. The van der Waals surface area contributed by atoms with E-state index in [1.165, 1.54) is 16.8 Å². The van der Waals surface area contributed by atoms with Crippen molar-refractivity contribution in [2.24, 2.45) is 0 Å². The topological polar surface area (TPSA) is 23.5 Å². The number of aryl methyl sites for hydroxylation is 2. The molecular weight excluding hydrogens is 246 g/mol. The summed E-state index contributed by atoms with van der Waals surface area (Å²) in [7, 11) is 0. The second kappa shape index (κ2) is 6.00. The van der Waals surface area contributed by atoms with Gasteiger partial charge in [-0.3, -0.25) is 0 Å². The van der Waals surface area contributed by atoms with Crippen LogP contribution < -0.4 is 4.90 Å². The molecule has 2 nitrogen and oxygen atoms in total. The Morgan fingerprint density at radius 1 is 1.00 bits per heavy atom. The zero-order chi connectivity index (χ0) is 14.7. The van der Waals surface area contributed by atoms with Crippen molar-refractivity contribution in [3.8, 4) is 5.75 Å². The normalized spacial score (nSPS) is 12.2. The maximum absolute atomic E-state index is 10.1. The van der Waals surface area contributed by atoms with E-state index in [0.717, 1.165) is 12.1 Å². The molecule has 2 rings (SSSR count). The molecule has 0 radical (unpaired) electrons. The van der Waals surface area contributed by atoms with E-state index in [1.54, 1.807) is 6.07 Å². The van der Waals surface area contributed by atoms with Crippen LogP contribution in [0.15, 0.2) is 42.5 Å². The Kier molecular flexibility index (Phi) is 4.33. The maximum atomic E-state index is 10.1. The third kappa shape index (κ3) is 2.96. The summed E-state index contributed by atoms with van der Waals surface area (Å²) in [5, 5.41) is 10.1. The van der Waals surface area contributed by atoms with Crippen LogP contribution in [0.5, 0.6) is 5.75 Å². The lowest BCUT2D eigenvalue weighted by Gasteiger charge is -2.31. The summed E-state index contributed by atoms with van der Waals surface area (Å²) in [4.78, 5) is 2.30. The smallest absolute Gasteiger partial charge is 0.120 e.